The Kier molecular flexibility index (Phi) is 4.10. The van der Waals surface area contributed by atoms with Crippen LogP contribution in [0.4, 0.5) is 10.5 Å². The summed E-state index contributed by atoms with van der Waals surface area (Å²) in [7, 11) is 1.95. The van der Waals surface area contributed by atoms with Gasteiger partial charge < -0.3 is 10.2 Å². The van der Waals surface area contributed by atoms with E-state index in [1.807, 2.05) is 37.9 Å². The number of carbonyl (C=O) groups is 1. The number of hydrogen-bond donors (Lipinski definition) is 1. The Morgan fingerprint density at radius 1 is 1.42 bits per heavy atom. The molecule has 1 saturated heterocycles. The molecule has 0 unspecified atom stereocenters. The first-order valence-electron chi connectivity index (χ1n) is 6.34. The van der Waals surface area contributed by atoms with Crippen molar-refractivity contribution in [1.29, 1.82) is 0 Å². The van der Waals surface area contributed by atoms with Crippen molar-refractivity contribution in [2.75, 3.05) is 18.9 Å². The molecule has 1 aromatic carbocycles. The molecule has 5 heteroatoms. The molecule has 0 aliphatic carbocycles. The molecule has 0 aromatic heterocycles. The van der Waals surface area contributed by atoms with Crippen LogP contribution in [-0.4, -0.2) is 30.4 Å². The van der Waals surface area contributed by atoms with Gasteiger partial charge in [0.1, 0.15) is 5.84 Å². The van der Waals surface area contributed by atoms with Crippen LogP contribution in [0.1, 0.15) is 24.0 Å². The van der Waals surface area contributed by atoms with E-state index in [2.05, 4.69) is 10.3 Å². The lowest BCUT2D eigenvalue weighted by molar-refractivity contribution is 0.259. The van der Waals surface area contributed by atoms with Crippen molar-refractivity contribution in [1.82, 2.24) is 4.90 Å². The third-order valence-corrected chi connectivity index (χ3v) is 3.81. The van der Waals surface area contributed by atoms with E-state index in [-0.39, 0.29) is 6.03 Å². The molecule has 2 rings (SSSR count). The number of amides is 2. The van der Waals surface area contributed by atoms with Crippen LogP contribution in [0.5, 0.6) is 0 Å². The van der Waals surface area contributed by atoms with Crippen molar-refractivity contribution < 1.29 is 4.79 Å². The monoisotopic (exact) mass is 279 g/mol. The van der Waals surface area contributed by atoms with Crippen LogP contribution in [-0.2, 0) is 0 Å². The molecule has 0 bridgehead atoms. The molecule has 1 aliphatic heterocycles. The number of urea groups is 1. The topological polar surface area (TPSA) is 44.7 Å². The van der Waals surface area contributed by atoms with E-state index >= 15 is 0 Å². The second-order valence-electron chi connectivity index (χ2n) is 4.85. The summed E-state index contributed by atoms with van der Waals surface area (Å²) in [4.78, 5) is 18.1. The Morgan fingerprint density at radius 2 is 2.16 bits per heavy atom. The number of aryl methyl sites for hydroxylation is 1. The fourth-order valence-corrected chi connectivity index (χ4v) is 2.36. The van der Waals surface area contributed by atoms with Gasteiger partial charge in [0.15, 0.2) is 0 Å². The number of carbonyl (C=O) groups excluding carboxylic acids is 1. The van der Waals surface area contributed by atoms with E-state index in [9.17, 15) is 4.79 Å². The van der Waals surface area contributed by atoms with E-state index < -0.39 is 0 Å². The van der Waals surface area contributed by atoms with Crippen molar-refractivity contribution >= 4 is 29.2 Å². The van der Waals surface area contributed by atoms with E-state index in [1.54, 1.807) is 0 Å². The maximum absolute atomic E-state index is 12.0. The fraction of sp³-hybridized carbons (Fsp3) is 0.429. The predicted molar refractivity (Wildman–Crippen MR) is 79.2 cm³/mol. The van der Waals surface area contributed by atoms with Crippen LogP contribution < -0.4 is 5.32 Å². The van der Waals surface area contributed by atoms with Crippen molar-refractivity contribution in [2.45, 2.75) is 26.7 Å². The maximum Gasteiger partial charge on any atom is 0.347 e. The molecule has 1 aromatic rings. The largest absolute Gasteiger partial charge is 0.363 e. The van der Waals surface area contributed by atoms with Gasteiger partial charge in [-0.15, -0.1) is 0 Å². The first-order valence-corrected chi connectivity index (χ1v) is 6.72. The van der Waals surface area contributed by atoms with Crippen LogP contribution in [0.3, 0.4) is 0 Å². The number of nitrogens with one attached hydrogen (secondary N) is 1. The molecule has 1 N–H and O–H groups in total. The molecule has 0 spiro atoms. The fourth-order valence-electron chi connectivity index (χ4n) is 2.20. The Hall–Kier alpha value is -1.55. The molecule has 2 amide bonds. The van der Waals surface area contributed by atoms with Gasteiger partial charge in [-0.25, -0.2) is 4.79 Å². The summed E-state index contributed by atoms with van der Waals surface area (Å²) in [6.45, 7) is 4.79. The highest BCUT2D eigenvalue weighted by atomic mass is 35.5. The van der Waals surface area contributed by atoms with E-state index in [1.165, 1.54) is 0 Å². The van der Waals surface area contributed by atoms with Crippen LogP contribution in [0.15, 0.2) is 17.1 Å². The van der Waals surface area contributed by atoms with Crippen molar-refractivity contribution in [3.8, 4) is 0 Å². The van der Waals surface area contributed by atoms with Gasteiger partial charge in [-0.05, 0) is 37.5 Å². The Labute approximate surface area is 118 Å². The van der Waals surface area contributed by atoms with E-state index in [0.29, 0.717) is 5.02 Å². The van der Waals surface area contributed by atoms with Gasteiger partial charge in [-0.3, -0.25) is 0 Å². The third-order valence-electron chi connectivity index (χ3n) is 3.40. The Bertz CT molecular complexity index is 540. The SMILES string of the molecule is Cc1ccc(Cl)c(C)c1NC(=O)/N=C1\CCCN1C. The summed E-state index contributed by atoms with van der Waals surface area (Å²) in [5.74, 6) is 0.842. The maximum atomic E-state index is 12.0. The van der Waals surface area contributed by atoms with E-state index in [0.717, 1.165) is 42.0 Å². The molecule has 0 saturated carbocycles. The van der Waals surface area contributed by atoms with Gasteiger partial charge in [0.25, 0.3) is 0 Å². The summed E-state index contributed by atoms with van der Waals surface area (Å²) in [5.41, 5.74) is 2.60. The number of nitrogens with zero attached hydrogens (tertiary/aromatic N) is 2. The van der Waals surface area contributed by atoms with Gasteiger partial charge >= 0.3 is 6.03 Å². The zero-order valence-corrected chi connectivity index (χ0v) is 12.2. The number of anilines is 1. The van der Waals surface area contributed by atoms with Crippen LogP contribution in [0, 0.1) is 13.8 Å². The highest BCUT2D eigenvalue weighted by molar-refractivity contribution is 6.31. The summed E-state index contributed by atoms with van der Waals surface area (Å²) in [5, 5.41) is 3.47. The van der Waals surface area contributed by atoms with Gasteiger partial charge in [-0.2, -0.15) is 4.99 Å². The molecule has 0 radical (unpaired) electrons. The lowest BCUT2D eigenvalue weighted by atomic mass is 10.1. The molecule has 1 heterocycles. The molecular weight excluding hydrogens is 262 g/mol. The highest BCUT2D eigenvalue weighted by Gasteiger charge is 2.16. The number of halogens is 1. The molecule has 0 atom stereocenters. The zero-order valence-electron chi connectivity index (χ0n) is 11.5. The summed E-state index contributed by atoms with van der Waals surface area (Å²) >= 11 is 6.07. The van der Waals surface area contributed by atoms with Gasteiger partial charge in [0, 0.05) is 30.7 Å². The molecule has 1 fully saturated rings. The Balaban J connectivity index is 2.18. The second kappa shape index (κ2) is 5.61. The standard InChI is InChI=1S/C14H18ClN3O/c1-9-6-7-11(15)10(2)13(9)17-14(19)16-12-5-4-8-18(12)3/h6-7H,4-5,8H2,1-3H3,(H,17,19)/b16-12+. The molecule has 19 heavy (non-hydrogen) atoms. The number of amidine groups is 1. The lowest BCUT2D eigenvalue weighted by Crippen LogP contribution is -2.22. The predicted octanol–water partition coefficient (Wildman–Crippen LogP) is 3.61. The third kappa shape index (κ3) is 3.07. The van der Waals surface area contributed by atoms with Crippen LogP contribution >= 0.6 is 11.6 Å². The van der Waals surface area contributed by atoms with E-state index in [4.69, 9.17) is 11.6 Å². The van der Waals surface area contributed by atoms with Crippen LogP contribution in [0.25, 0.3) is 0 Å². The van der Waals surface area contributed by atoms with Gasteiger partial charge in [0.2, 0.25) is 0 Å². The molecular formula is C14H18ClN3O. The minimum atomic E-state index is -0.336. The number of rotatable bonds is 1. The first-order chi connectivity index (χ1) is 8.99. The second-order valence-corrected chi connectivity index (χ2v) is 5.25. The smallest absolute Gasteiger partial charge is 0.347 e. The zero-order chi connectivity index (χ0) is 14.0. The van der Waals surface area contributed by atoms with Crippen molar-refractivity contribution in [3.63, 3.8) is 0 Å². The minimum Gasteiger partial charge on any atom is -0.363 e. The lowest BCUT2D eigenvalue weighted by Gasteiger charge is -2.13. The number of aliphatic imine (C=N–C) groups is 1. The average molecular weight is 280 g/mol. The van der Waals surface area contributed by atoms with Crippen molar-refractivity contribution in [2.24, 2.45) is 4.99 Å². The quantitative estimate of drug-likeness (QED) is 0.853. The van der Waals surface area contributed by atoms with Crippen molar-refractivity contribution in [3.05, 3.63) is 28.3 Å². The molecule has 1 aliphatic rings. The number of benzene rings is 1. The van der Waals surface area contributed by atoms with Crippen LogP contribution in [0.2, 0.25) is 5.02 Å². The summed E-state index contributed by atoms with van der Waals surface area (Å²) in [6, 6.07) is 3.38. The average Bonchev–Trinajstić information content (AvgIpc) is 2.76. The minimum absolute atomic E-state index is 0.336. The summed E-state index contributed by atoms with van der Waals surface area (Å²) in [6.07, 6.45) is 1.91. The summed E-state index contributed by atoms with van der Waals surface area (Å²) < 4.78 is 0. The Morgan fingerprint density at radius 3 is 2.79 bits per heavy atom. The first kappa shape index (κ1) is 13.9. The normalized spacial score (nSPS) is 17.1. The molecule has 4 nitrogen and oxygen atoms in total. The highest BCUT2D eigenvalue weighted by Crippen LogP contribution is 2.27. The number of hydrogen-bond acceptors (Lipinski definition) is 1. The van der Waals surface area contributed by atoms with Gasteiger partial charge in [-0.1, -0.05) is 17.7 Å². The number of likely N-dealkylation sites (tertiary alicyclic amines) is 1. The van der Waals surface area contributed by atoms with Gasteiger partial charge in [0.05, 0.1) is 0 Å². The molecule has 102 valence electrons.